The summed E-state index contributed by atoms with van der Waals surface area (Å²) in [5, 5.41) is 20.4. The van der Waals surface area contributed by atoms with Crippen LogP contribution in [0.5, 0.6) is 0 Å². The second-order valence-electron chi connectivity index (χ2n) is 6.93. The topological polar surface area (TPSA) is 73.4 Å². The average molecular weight is 341 g/mol. The summed E-state index contributed by atoms with van der Waals surface area (Å²) >= 11 is 0. The molecule has 0 saturated heterocycles. The molecular formula is C20H27N3O2. The quantitative estimate of drug-likeness (QED) is 0.431. The van der Waals surface area contributed by atoms with E-state index >= 15 is 0 Å². The number of aldehydes is 1. The minimum Gasteiger partial charge on any atom is -0.385 e. The van der Waals surface area contributed by atoms with Gasteiger partial charge in [0.1, 0.15) is 5.72 Å². The third-order valence-corrected chi connectivity index (χ3v) is 5.09. The van der Waals surface area contributed by atoms with Crippen molar-refractivity contribution in [2.45, 2.75) is 32.5 Å². The van der Waals surface area contributed by atoms with Crippen LogP contribution in [0.25, 0.3) is 0 Å². The van der Waals surface area contributed by atoms with Crippen molar-refractivity contribution in [1.82, 2.24) is 10.6 Å². The first-order chi connectivity index (χ1) is 12.0. The molecule has 2 aliphatic carbocycles. The van der Waals surface area contributed by atoms with E-state index in [1.165, 1.54) is 0 Å². The van der Waals surface area contributed by atoms with E-state index in [9.17, 15) is 9.90 Å². The lowest BCUT2D eigenvalue weighted by atomic mass is 9.98. The smallest absolute Gasteiger partial charge is 0.151 e. The van der Waals surface area contributed by atoms with Gasteiger partial charge < -0.3 is 15.7 Å². The molecular weight excluding hydrogens is 314 g/mol. The summed E-state index contributed by atoms with van der Waals surface area (Å²) in [7, 11) is 1.74. The van der Waals surface area contributed by atoms with Gasteiger partial charge >= 0.3 is 0 Å². The Hall–Kier alpha value is -2.11. The van der Waals surface area contributed by atoms with Crippen LogP contribution >= 0.6 is 0 Å². The molecule has 1 fully saturated rings. The van der Waals surface area contributed by atoms with Gasteiger partial charge in [0, 0.05) is 35.6 Å². The minimum atomic E-state index is -1.12. The lowest BCUT2D eigenvalue weighted by molar-refractivity contribution is -0.104. The van der Waals surface area contributed by atoms with Gasteiger partial charge in [-0.1, -0.05) is 30.4 Å². The summed E-state index contributed by atoms with van der Waals surface area (Å²) in [5.74, 6) is 1.13. The number of carbonyl (C=O) groups excluding carboxylic acids is 1. The maximum absolute atomic E-state index is 11.3. The van der Waals surface area contributed by atoms with Gasteiger partial charge in [0.05, 0.1) is 0 Å². The molecule has 0 spiro atoms. The van der Waals surface area contributed by atoms with Gasteiger partial charge in [-0.25, -0.2) is 0 Å². The Kier molecular flexibility index (Phi) is 4.97. The van der Waals surface area contributed by atoms with Crippen LogP contribution in [0.3, 0.4) is 0 Å². The summed E-state index contributed by atoms with van der Waals surface area (Å²) in [5.41, 5.74) is 3.34. The maximum Gasteiger partial charge on any atom is 0.151 e. The van der Waals surface area contributed by atoms with E-state index in [4.69, 9.17) is 0 Å². The molecule has 0 amide bonds. The van der Waals surface area contributed by atoms with Gasteiger partial charge in [-0.15, -0.1) is 0 Å². The summed E-state index contributed by atoms with van der Waals surface area (Å²) in [6, 6.07) is 5.90. The third-order valence-electron chi connectivity index (χ3n) is 5.09. The fraction of sp³-hybridized carbons (Fsp3) is 0.450. The Morgan fingerprint density at radius 1 is 1.28 bits per heavy atom. The van der Waals surface area contributed by atoms with Crippen molar-refractivity contribution in [1.29, 1.82) is 0 Å². The molecule has 0 radical (unpaired) electrons. The average Bonchev–Trinajstić information content (AvgIpc) is 3.38. The van der Waals surface area contributed by atoms with Crippen LogP contribution in [-0.2, 0) is 17.1 Å². The molecule has 0 aliphatic heterocycles. The molecule has 5 heteroatoms. The first kappa shape index (κ1) is 17.7. The van der Waals surface area contributed by atoms with Crippen LogP contribution in [0.2, 0.25) is 0 Å². The number of hydrogen-bond acceptors (Lipinski definition) is 5. The number of benzene rings is 1. The normalized spacial score (nSPS) is 23.7. The Morgan fingerprint density at radius 2 is 2.04 bits per heavy atom. The fourth-order valence-electron chi connectivity index (χ4n) is 3.38. The van der Waals surface area contributed by atoms with Gasteiger partial charge in [-0.05, 0) is 44.7 Å². The van der Waals surface area contributed by atoms with Crippen LogP contribution in [-0.4, -0.2) is 25.0 Å². The van der Waals surface area contributed by atoms with Crippen molar-refractivity contribution in [2.24, 2.45) is 11.8 Å². The summed E-state index contributed by atoms with van der Waals surface area (Å²) in [6.45, 7) is 5.12. The monoisotopic (exact) mass is 341 g/mol. The molecule has 3 atom stereocenters. The Balaban J connectivity index is 1.84. The summed E-state index contributed by atoms with van der Waals surface area (Å²) in [4.78, 5) is 11.3. The van der Waals surface area contributed by atoms with E-state index < -0.39 is 5.72 Å². The Bertz CT molecular complexity index is 722. The highest BCUT2D eigenvalue weighted by Crippen LogP contribution is 2.45. The molecule has 2 aliphatic rings. The standard InChI is InChI=1S/C20H27N3O2/c1-4-22-19-13(6-5-7-17(19)20(2,25)21-3)11-23-18-10-15-8-14(15)9-16(18)12-24/h5-7,9-10,12,14-15,21-23,25H,4,8,11H2,1-3H3. The van der Waals surface area contributed by atoms with Crippen molar-refractivity contribution in [3.63, 3.8) is 0 Å². The summed E-state index contributed by atoms with van der Waals surface area (Å²) in [6.07, 6.45) is 6.33. The molecule has 1 saturated carbocycles. The predicted octanol–water partition coefficient (Wildman–Crippen LogP) is 2.25. The number of anilines is 1. The molecule has 0 bridgehead atoms. The Morgan fingerprint density at radius 3 is 2.72 bits per heavy atom. The fourth-order valence-corrected chi connectivity index (χ4v) is 3.38. The number of nitrogens with one attached hydrogen (secondary N) is 3. The molecule has 0 heterocycles. The predicted molar refractivity (Wildman–Crippen MR) is 99.9 cm³/mol. The number of para-hydroxylation sites is 1. The van der Waals surface area contributed by atoms with Crippen LogP contribution in [0, 0.1) is 11.8 Å². The van der Waals surface area contributed by atoms with Gasteiger partial charge in [-0.3, -0.25) is 10.1 Å². The number of hydrogen-bond donors (Lipinski definition) is 4. The highest BCUT2D eigenvalue weighted by molar-refractivity contribution is 5.81. The van der Waals surface area contributed by atoms with Crippen molar-refractivity contribution in [3.05, 3.63) is 52.7 Å². The van der Waals surface area contributed by atoms with Gasteiger partial charge in [0.2, 0.25) is 0 Å². The van der Waals surface area contributed by atoms with E-state index in [-0.39, 0.29) is 0 Å². The molecule has 0 aromatic heterocycles. The summed E-state index contributed by atoms with van der Waals surface area (Å²) < 4.78 is 0. The highest BCUT2D eigenvalue weighted by atomic mass is 16.3. The number of carbonyl (C=O) groups is 1. The minimum absolute atomic E-state index is 0.553. The lowest BCUT2D eigenvalue weighted by Gasteiger charge is -2.28. The second kappa shape index (κ2) is 7.02. The Labute approximate surface area is 149 Å². The molecule has 25 heavy (non-hydrogen) atoms. The highest BCUT2D eigenvalue weighted by Gasteiger charge is 2.37. The van der Waals surface area contributed by atoms with Crippen LogP contribution in [0.15, 0.2) is 41.6 Å². The second-order valence-corrected chi connectivity index (χ2v) is 6.93. The first-order valence-corrected chi connectivity index (χ1v) is 8.90. The van der Waals surface area contributed by atoms with Crippen LogP contribution in [0.1, 0.15) is 31.4 Å². The number of fused-ring (bicyclic) bond motifs is 1. The third kappa shape index (κ3) is 3.62. The van der Waals surface area contributed by atoms with Gasteiger partial charge in [0.25, 0.3) is 0 Å². The van der Waals surface area contributed by atoms with E-state index in [1.54, 1.807) is 14.0 Å². The molecule has 3 rings (SSSR count). The molecule has 1 aromatic carbocycles. The van der Waals surface area contributed by atoms with E-state index in [2.05, 4.69) is 28.1 Å². The SMILES string of the molecule is CCNc1c(CNC2=CC3CC3C=C2C=O)cccc1C(C)(O)NC. The lowest BCUT2D eigenvalue weighted by Crippen LogP contribution is -2.37. The maximum atomic E-state index is 11.3. The van der Waals surface area contributed by atoms with E-state index in [0.717, 1.165) is 47.3 Å². The molecule has 5 nitrogen and oxygen atoms in total. The molecule has 134 valence electrons. The number of aliphatic hydroxyl groups is 1. The van der Waals surface area contributed by atoms with Crippen LogP contribution < -0.4 is 16.0 Å². The zero-order valence-electron chi connectivity index (χ0n) is 15.1. The molecule has 1 aromatic rings. The largest absolute Gasteiger partial charge is 0.385 e. The van der Waals surface area contributed by atoms with Crippen LogP contribution in [0.4, 0.5) is 5.69 Å². The number of allylic oxidation sites excluding steroid dienone is 3. The van der Waals surface area contributed by atoms with E-state index in [0.29, 0.717) is 18.4 Å². The van der Waals surface area contributed by atoms with E-state index in [1.807, 2.05) is 25.1 Å². The van der Waals surface area contributed by atoms with Crippen molar-refractivity contribution in [2.75, 3.05) is 18.9 Å². The van der Waals surface area contributed by atoms with Crippen molar-refractivity contribution < 1.29 is 9.90 Å². The zero-order chi connectivity index (χ0) is 18.0. The first-order valence-electron chi connectivity index (χ1n) is 8.90. The number of rotatable bonds is 8. The van der Waals surface area contributed by atoms with Gasteiger partial charge in [-0.2, -0.15) is 0 Å². The molecule has 4 N–H and O–H groups in total. The zero-order valence-corrected chi connectivity index (χ0v) is 15.1. The van der Waals surface area contributed by atoms with Crippen molar-refractivity contribution >= 4 is 12.0 Å². The van der Waals surface area contributed by atoms with Crippen molar-refractivity contribution in [3.8, 4) is 0 Å². The van der Waals surface area contributed by atoms with Gasteiger partial charge in [0.15, 0.2) is 6.29 Å². The molecule has 3 unspecified atom stereocenters.